The molecule has 0 atom stereocenters. The van der Waals surface area contributed by atoms with Crippen LogP contribution in [0.3, 0.4) is 0 Å². The number of rotatable bonds is 5. The van der Waals surface area contributed by atoms with Crippen LogP contribution in [0.4, 0.5) is 0 Å². The average Bonchev–Trinajstić information content (AvgIpc) is 2.74. The molecule has 0 aliphatic heterocycles. The van der Waals surface area contributed by atoms with Gasteiger partial charge in [0.2, 0.25) is 0 Å². The van der Waals surface area contributed by atoms with E-state index in [9.17, 15) is 0 Å². The van der Waals surface area contributed by atoms with Crippen molar-refractivity contribution >= 4 is 11.3 Å². The quantitative estimate of drug-likeness (QED) is 0.795. The highest BCUT2D eigenvalue weighted by Gasteiger charge is 2.06. The lowest BCUT2D eigenvalue weighted by Gasteiger charge is -2.16. The molecule has 0 amide bonds. The largest absolute Gasteiger partial charge is 0.395 e. The van der Waals surface area contributed by atoms with Gasteiger partial charge in [0.05, 0.1) is 6.61 Å². The number of thiophene rings is 1. The van der Waals surface area contributed by atoms with Gasteiger partial charge in [0.1, 0.15) is 0 Å². The van der Waals surface area contributed by atoms with Gasteiger partial charge in [-0.1, -0.05) is 25.7 Å². The molecule has 1 heterocycles. The standard InChI is InChI=1S/C13H19NOS/c1-3-14(4-2)11-13-12(8-10-16-13)7-5-6-9-15/h8,10,15H,3-4,6,9,11H2,1-2H3. The fourth-order valence-electron chi connectivity index (χ4n) is 1.44. The Morgan fingerprint density at radius 1 is 1.38 bits per heavy atom. The Morgan fingerprint density at radius 2 is 2.12 bits per heavy atom. The molecule has 1 aromatic heterocycles. The molecule has 0 unspecified atom stereocenters. The first-order valence-corrected chi connectivity index (χ1v) is 6.58. The second kappa shape index (κ2) is 7.45. The summed E-state index contributed by atoms with van der Waals surface area (Å²) in [5, 5.41) is 10.8. The monoisotopic (exact) mass is 237 g/mol. The Bertz CT molecular complexity index is 357. The lowest BCUT2D eigenvalue weighted by molar-refractivity contribution is 0.298. The average molecular weight is 237 g/mol. The Balaban J connectivity index is 2.67. The first-order valence-electron chi connectivity index (χ1n) is 5.70. The van der Waals surface area contributed by atoms with E-state index in [-0.39, 0.29) is 6.61 Å². The predicted octanol–water partition coefficient (Wildman–Crippen LogP) is 2.32. The number of aliphatic hydroxyl groups excluding tert-OH is 1. The molecule has 0 saturated heterocycles. The van der Waals surface area contributed by atoms with E-state index < -0.39 is 0 Å². The van der Waals surface area contributed by atoms with Crippen molar-refractivity contribution < 1.29 is 5.11 Å². The maximum atomic E-state index is 8.68. The lowest BCUT2D eigenvalue weighted by atomic mass is 10.2. The Hall–Kier alpha value is -0.820. The summed E-state index contributed by atoms with van der Waals surface area (Å²) in [7, 11) is 0. The molecule has 0 aromatic carbocycles. The summed E-state index contributed by atoms with van der Waals surface area (Å²) < 4.78 is 0. The van der Waals surface area contributed by atoms with Crippen LogP contribution in [0.15, 0.2) is 11.4 Å². The molecule has 3 heteroatoms. The van der Waals surface area contributed by atoms with Gasteiger partial charge in [0.25, 0.3) is 0 Å². The maximum absolute atomic E-state index is 8.68. The molecule has 0 radical (unpaired) electrons. The molecule has 0 bridgehead atoms. The minimum Gasteiger partial charge on any atom is -0.395 e. The van der Waals surface area contributed by atoms with Crippen molar-refractivity contribution in [1.29, 1.82) is 0 Å². The molecule has 1 aromatic rings. The zero-order valence-electron chi connectivity index (χ0n) is 9.99. The van der Waals surface area contributed by atoms with E-state index in [4.69, 9.17) is 5.11 Å². The van der Waals surface area contributed by atoms with E-state index in [0.717, 1.165) is 25.2 Å². The van der Waals surface area contributed by atoms with Gasteiger partial charge in [0.15, 0.2) is 0 Å². The van der Waals surface area contributed by atoms with Gasteiger partial charge in [-0.05, 0) is 24.5 Å². The zero-order chi connectivity index (χ0) is 11.8. The fraction of sp³-hybridized carbons (Fsp3) is 0.538. The first-order chi connectivity index (χ1) is 7.81. The van der Waals surface area contributed by atoms with Crippen molar-refractivity contribution in [3.8, 4) is 11.8 Å². The molecule has 2 nitrogen and oxygen atoms in total. The third kappa shape index (κ3) is 3.97. The zero-order valence-corrected chi connectivity index (χ0v) is 10.8. The molecule has 16 heavy (non-hydrogen) atoms. The number of hydrogen-bond donors (Lipinski definition) is 1. The highest BCUT2D eigenvalue weighted by Crippen LogP contribution is 2.17. The van der Waals surface area contributed by atoms with Gasteiger partial charge < -0.3 is 5.11 Å². The second-order valence-electron chi connectivity index (χ2n) is 3.49. The minimum absolute atomic E-state index is 0.141. The molecule has 0 saturated carbocycles. The van der Waals surface area contributed by atoms with E-state index in [1.54, 1.807) is 11.3 Å². The minimum atomic E-state index is 0.141. The van der Waals surface area contributed by atoms with Crippen LogP contribution in [0.1, 0.15) is 30.7 Å². The van der Waals surface area contributed by atoms with Gasteiger partial charge >= 0.3 is 0 Å². The molecule has 1 rings (SSSR count). The third-order valence-electron chi connectivity index (χ3n) is 2.47. The predicted molar refractivity (Wildman–Crippen MR) is 69.5 cm³/mol. The van der Waals surface area contributed by atoms with Crippen LogP contribution in [-0.4, -0.2) is 29.7 Å². The molecule has 0 aliphatic rings. The summed E-state index contributed by atoms with van der Waals surface area (Å²) in [6.45, 7) is 7.61. The van der Waals surface area contributed by atoms with Gasteiger partial charge in [0, 0.05) is 23.4 Å². The summed E-state index contributed by atoms with van der Waals surface area (Å²) in [5.41, 5.74) is 1.12. The van der Waals surface area contributed by atoms with Crippen molar-refractivity contribution in [3.63, 3.8) is 0 Å². The number of aliphatic hydroxyl groups is 1. The van der Waals surface area contributed by atoms with Crippen LogP contribution < -0.4 is 0 Å². The SMILES string of the molecule is CCN(CC)Cc1sccc1C#CCCO. The molecular formula is C13H19NOS. The molecule has 0 aliphatic carbocycles. The van der Waals surface area contributed by atoms with Crippen molar-refractivity contribution in [2.75, 3.05) is 19.7 Å². The lowest BCUT2D eigenvalue weighted by Crippen LogP contribution is -2.21. The highest BCUT2D eigenvalue weighted by atomic mass is 32.1. The molecule has 1 N–H and O–H groups in total. The van der Waals surface area contributed by atoms with Crippen molar-refractivity contribution in [3.05, 3.63) is 21.9 Å². The second-order valence-corrected chi connectivity index (χ2v) is 4.49. The Kier molecular flexibility index (Phi) is 6.17. The summed E-state index contributed by atoms with van der Waals surface area (Å²) in [6, 6.07) is 2.06. The third-order valence-corrected chi connectivity index (χ3v) is 3.37. The summed E-state index contributed by atoms with van der Waals surface area (Å²) in [4.78, 5) is 3.71. The van der Waals surface area contributed by atoms with Crippen molar-refractivity contribution in [2.24, 2.45) is 0 Å². The topological polar surface area (TPSA) is 23.5 Å². The molecule has 88 valence electrons. The summed E-state index contributed by atoms with van der Waals surface area (Å²) in [5.74, 6) is 6.10. The van der Waals surface area contributed by atoms with Crippen LogP contribution in [0.2, 0.25) is 0 Å². The number of nitrogens with zero attached hydrogens (tertiary/aromatic N) is 1. The van der Waals surface area contributed by atoms with Gasteiger partial charge in [-0.3, -0.25) is 4.90 Å². The van der Waals surface area contributed by atoms with E-state index in [0.29, 0.717) is 6.42 Å². The smallest absolute Gasteiger partial charge is 0.0540 e. The van der Waals surface area contributed by atoms with E-state index in [1.807, 2.05) is 0 Å². The van der Waals surface area contributed by atoms with Crippen LogP contribution in [0.25, 0.3) is 0 Å². The van der Waals surface area contributed by atoms with Crippen LogP contribution >= 0.6 is 11.3 Å². The van der Waals surface area contributed by atoms with E-state index >= 15 is 0 Å². The Labute approximate surface area is 102 Å². The van der Waals surface area contributed by atoms with Crippen LogP contribution in [-0.2, 0) is 6.54 Å². The first kappa shape index (κ1) is 13.2. The molecule has 0 spiro atoms. The highest BCUT2D eigenvalue weighted by molar-refractivity contribution is 7.10. The van der Waals surface area contributed by atoms with Gasteiger partial charge in [-0.25, -0.2) is 0 Å². The fourth-order valence-corrected chi connectivity index (χ4v) is 2.31. The van der Waals surface area contributed by atoms with Crippen molar-refractivity contribution in [1.82, 2.24) is 4.90 Å². The number of hydrogen-bond acceptors (Lipinski definition) is 3. The van der Waals surface area contributed by atoms with Crippen LogP contribution in [0.5, 0.6) is 0 Å². The molecular weight excluding hydrogens is 218 g/mol. The van der Waals surface area contributed by atoms with Gasteiger partial charge in [-0.15, -0.1) is 11.3 Å². The molecule has 0 fully saturated rings. The van der Waals surface area contributed by atoms with E-state index in [1.165, 1.54) is 4.88 Å². The maximum Gasteiger partial charge on any atom is 0.0540 e. The normalized spacial score (nSPS) is 10.2. The summed E-state index contributed by atoms with van der Waals surface area (Å²) >= 11 is 1.76. The van der Waals surface area contributed by atoms with Crippen molar-refractivity contribution in [2.45, 2.75) is 26.8 Å². The van der Waals surface area contributed by atoms with Crippen LogP contribution in [0, 0.1) is 11.8 Å². The van der Waals surface area contributed by atoms with E-state index in [2.05, 4.69) is 42.0 Å². The Morgan fingerprint density at radius 3 is 2.75 bits per heavy atom. The summed E-state index contributed by atoms with van der Waals surface area (Å²) in [6.07, 6.45) is 0.556. The van der Waals surface area contributed by atoms with Gasteiger partial charge in [-0.2, -0.15) is 0 Å².